The van der Waals surface area contributed by atoms with E-state index >= 15 is 0 Å². The van der Waals surface area contributed by atoms with Gasteiger partial charge in [-0.3, -0.25) is 9.59 Å². The summed E-state index contributed by atoms with van der Waals surface area (Å²) in [5.41, 5.74) is 1.54. The van der Waals surface area contributed by atoms with Crippen molar-refractivity contribution in [2.45, 2.75) is 39.7 Å². The molecule has 1 N–H and O–H groups in total. The van der Waals surface area contributed by atoms with E-state index in [0.29, 0.717) is 19.4 Å². The number of rotatable bonds is 9. The van der Waals surface area contributed by atoms with Crippen LogP contribution in [0.15, 0.2) is 48.5 Å². The van der Waals surface area contributed by atoms with Crippen LogP contribution in [0.25, 0.3) is 0 Å². The molecule has 0 bridgehead atoms. The van der Waals surface area contributed by atoms with E-state index in [4.69, 9.17) is 0 Å². The van der Waals surface area contributed by atoms with Crippen LogP contribution in [0.4, 0.5) is 8.78 Å². The van der Waals surface area contributed by atoms with Crippen molar-refractivity contribution in [3.05, 3.63) is 71.3 Å². The number of carbonyl (C=O) groups is 2. The lowest BCUT2D eigenvalue weighted by atomic mass is 9.99. The quantitative estimate of drug-likeness (QED) is 0.672. The van der Waals surface area contributed by atoms with Crippen LogP contribution in [0.5, 0.6) is 0 Å². The van der Waals surface area contributed by atoms with Gasteiger partial charge in [0, 0.05) is 31.5 Å². The van der Waals surface area contributed by atoms with Crippen molar-refractivity contribution in [2.24, 2.45) is 11.8 Å². The lowest BCUT2D eigenvalue weighted by molar-refractivity contribution is -0.136. The van der Waals surface area contributed by atoms with E-state index in [-0.39, 0.29) is 41.3 Å². The molecule has 6 heteroatoms. The summed E-state index contributed by atoms with van der Waals surface area (Å²) in [6.07, 6.45) is 0.891. The highest BCUT2D eigenvalue weighted by atomic mass is 19.1. The van der Waals surface area contributed by atoms with Crippen LogP contribution >= 0.6 is 0 Å². The Labute approximate surface area is 177 Å². The van der Waals surface area contributed by atoms with Gasteiger partial charge in [-0.1, -0.05) is 38.1 Å². The first-order valence-electron chi connectivity index (χ1n) is 10.2. The minimum atomic E-state index is -0.318. The van der Waals surface area contributed by atoms with E-state index < -0.39 is 0 Å². The molecular formula is C24H30F2N2O2. The second-order valence-electron chi connectivity index (χ2n) is 8.01. The van der Waals surface area contributed by atoms with Crippen molar-refractivity contribution in [2.75, 3.05) is 13.6 Å². The van der Waals surface area contributed by atoms with Gasteiger partial charge in [-0.05, 0) is 55.2 Å². The number of carbonyl (C=O) groups excluding carboxylic acids is 2. The molecule has 0 aromatic heterocycles. The van der Waals surface area contributed by atoms with E-state index in [2.05, 4.69) is 5.32 Å². The number of likely N-dealkylation sites (N-methyl/N-ethyl adjacent to an activating group) is 1. The van der Waals surface area contributed by atoms with Gasteiger partial charge in [-0.15, -0.1) is 0 Å². The summed E-state index contributed by atoms with van der Waals surface area (Å²) in [7, 11) is 1.71. The van der Waals surface area contributed by atoms with Crippen molar-refractivity contribution in [1.29, 1.82) is 0 Å². The van der Waals surface area contributed by atoms with Crippen molar-refractivity contribution in [1.82, 2.24) is 10.2 Å². The molecule has 0 saturated heterocycles. The van der Waals surface area contributed by atoms with Crippen molar-refractivity contribution in [3.63, 3.8) is 0 Å². The Morgan fingerprint density at radius 1 is 0.900 bits per heavy atom. The molecule has 30 heavy (non-hydrogen) atoms. The normalized spacial score (nSPS) is 13.9. The van der Waals surface area contributed by atoms with Crippen LogP contribution in [0, 0.1) is 23.5 Å². The van der Waals surface area contributed by atoms with Gasteiger partial charge in [-0.2, -0.15) is 0 Å². The predicted octanol–water partition coefficient (Wildman–Crippen LogP) is 3.99. The molecule has 2 rings (SSSR count). The highest BCUT2D eigenvalue weighted by Crippen LogP contribution is 2.14. The molecule has 0 aliphatic rings. The third-order valence-electron chi connectivity index (χ3n) is 5.31. The average molecular weight is 417 g/mol. The molecule has 0 heterocycles. The van der Waals surface area contributed by atoms with Gasteiger partial charge < -0.3 is 10.2 Å². The smallest absolute Gasteiger partial charge is 0.225 e. The minimum Gasteiger partial charge on any atom is -0.354 e. The third kappa shape index (κ3) is 6.94. The second-order valence-corrected chi connectivity index (χ2v) is 8.01. The fourth-order valence-corrected chi connectivity index (χ4v) is 3.34. The van der Waals surface area contributed by atoms with E-state index in [9.17, 15) is 18.4 Å². The molecule has 162 valence electrons. The zero-order valence-corrected chi connectivity index (χ0v) is 18.0. The van der Waals surface area contributed by atoms with Gasteiger partial charge in [0.25, 0.3) is 0 Å². The molecular weight excluding hydrogens is 386 g/mol. The van der Waals surface area contributed by atoms with E-state index in [1.54, 1.807) is 43.1 Å². The first kappa shape index (κ1) is 23.5. The SMILES string of the molecule is C[C@H](Cc1cccc(F)c1)C(=O)NC[C@@H](C)N(C)C(=O)[C@@H](C)Cc1cccc(F)c1. The number of benzene rings is 2. The Morgan fingerprint density at radius 3 is 1.90 bits per heavy atom. The maximum Gasteiger partial charge on any atom is 0.225 e. The Hall–Kier alpha value is -2.76. The number of halogens is 2. The van der Waals surface area contributed by atoms with Crippen molar-refractivity contribution < 1.29 is 18.4 Å². The van der Waals surface area contributed by atoms with Gasteiger partial charge in [0.2, 0.25) is 11.8 Å². The second kappa shape index (κ2) is 10.9. The molecule has 2 aromatic rings. The van der Waals surface area contributed by atoms with Gasteiger partial charge in [0.05, 0.1) is 0 Å². The summed E-state index contributed by atoms with van der Waals surface area (Å²) in [4.78, 5) is 26.7. The van der Waals surface area contributed by atoms with Crippen molar-refractivity contribution in [3.8, 4) is 0 Å². The largest absolute Gasteiger partial charge is 0.354 e. The minimum absolute atomic E-state index is 0.0613. The van der Waals surface area contributed by atoms with E-state index in [1.165, 1.54) is 24.3 Å². The van der Waals surface area contributed by atoms with Gasteiger partial charge >= 0.3 is 0 Å². The van der Waals surface area contributed by atoms with Crippen molar-refractivity contribution >= 4 is 11.8 Å². The molecule has 0 spiro atoms. The standard InChI is InChI=1S/C24H30F2N2O2/c1-16(11-19-7-5-9-21(25)13-19)23(29)27-15-18(3)28(4)24(30)17(2)12-20-8-6-10-22(26)14-20/h5-10,13-14,16-18H,11-12,15H2,1-4H3,(H,27,29)/t16-,17+,18-/m1/s1. The number of hydrogen-bond donors (Lipinski definition) is 1. The van der Waals surface area contributed by atoms with Crippen LogP contribution in [0.1, 0.15) is 31.9 Å². The first-order chi connectivity index (χ1) is 14.2. The average Bonchev–Trinajstić information content (AvgIpc) is 2.70. The number of nitrogens with one attached hydrogen (secondary N) is 1. The summed E-state index contributed by atoms with van der Waals surface area (Å²) in [6.45, 7) is 5.79. The lowest BCUT2D eigenvalue weighted by Gasteiger charge is -2.28. The highest BCUT2D eigenvalue weighted by Gasteiger charge is 2.23. The van der Waals surface area contributed by atoms with Gasteiger partial charge in [0.15, 0.2) is 0 Å². The molecule has 0 unspecified atom stereocenters. The first-order valence-corrected chi connectivity index (χ1v) is 10.2. The zero-order valence-electron chi connectivity index (χ0n) is 18.0. The molecule has 3 atom stereocenters. The van der Waals surface area contributed by atoms with E-state index in [0.717, 1.165) is 11.1 Å². The molecule has 0 fully saturated rings. The fraction of sp³-hybridized carbons (Fsp3) is 0.417. The molecule has 0 saturated carbocycles. The Balaban J connectivity index is 1.82. The number of amides is 2. The molecule has 2 amide bonds. The predicted molar refractivity (Wildman–Crippen MR) is 114 cm³/mol. The summed E-state index contributed by atoms with van der Waals surface area (Å²) < 4.78 is 26.7. The third-order valence-corrected chi connectivity index (χ3v) is 5.31. The maximum absolute atomic E-state index is 13.3. The van der Waals surface area contributed by atoms with Crippen LogP contribution in [0.2, 0.25) is 0 Å². The monoisotopic (exact) mass is 416 g/mol. The zero-order chi connectivity index (χ0) is 22.3. The van der Waals surface area contributed by atoms with Crippen LogP contribution in [-0.4, -0.2) is 36.3 Å². The maximum atomic E-state index is 13.3. The Bertz CT molecular complexity index is 872. The molecule has 2 aromatic carbocycles. The molecule has 4 nitrogen and oxygen atoms in total. The highest BCUT2D eigenvalue weighted by molar-refractivity contribution is 5.80. The van der Waals surface area contributed by atoms with Crippen LogP contribution < -0.4 is 5.32 Å². The summed E-state index contributed by atoms with van der Waals surface area (Å²) in [6, 6.07) is 12.3. The molecule has 0 radical (unpaired) electrons. The van der Waals surface area contributed by atoms with E-state index in [1.807, 2.05) is 13.8 Å². The Morgan fingerprint density at radius 2 is 1.40 bits per heavy atom. The van der Waals surface area contributed by atoms with Gasteiger partial charge in [-0.25, -0.2) is 8.78 Å². The molecule has 0 aliphatic heterocycles. The topological polar surface area (TPSA) is 49.4 Å². The van der Waals surface area contributed by atoms with Crippen LogP contribution in [-0.2, 0) is 22.4 Å². The summed E-state index contributed by atoms with van der Waals surface area (Å²) >= 11 is 0. The Kier molecular flexibility index (Phi) is 8.51. The summed E-state index contributed by atoms with van der Waals surface area (Å²) in [5.74, 6) is -1.45. The fourth-order valence-electron chi connectivity index (χ4n) is 3.34. The van der Waals surface area contributed by atoms with Crippen LogP contribution in [0.3, 0.4) is 0 Å². The number of nitrogens with zero attached hydrogens (tertiary/aromatic N) is 1. The molecule has 0 aliphatic carbocycles. The summed E-state index contributed by atoms with van der Waals surface area (Å²) in [5, 5.41) is 2.87. The lowest BCUT2D eigenvalue weighted by Crippen LogP contribution is -2.46. The number of hydrogen-bond acceptors (Lipinski definition) is 2. The van der Waals surface area contributed by atoms with Gasteiger partial charge in [0.1, 0.15) is 11.6 Å².